The minimum atomic E-state index is -0.0977. The van der Waals surface area contributed by atoms with E-state index in [1.54, 1.807) is 0 Å². The number of imidazole rings is 1. The Labute approximate surface area is 219 Å². The van der Waals surface area contributed by atoms with Crippen LogP contribution in [0.1, 0.15) is 83.4 Å². The van der Waals surface area contributed by atoms with E-state index in [2.05, 4.69) is 60.7 Å². The lowest BCUT2D eigenvalue weighted by molar-refractivity contribution is -0.144. The minimum Gasteiger partial charge on any atom is -0.466 e. The van der Waals surface area contributed by atoms with E-state index in [9.17, 15) is 4.79 Å². The van der Waals surface area contributed by atoms with E-state index in [1.165, 1.54) is 30.4 Å². The normalized spacial score (nSPS) is 17.2. The van der Waals surface area contributed by atoms with Crippen LogP contribution in [0.15, 0.2) is 24.5 Å². The SMILES string of the molecule is CCOC(=O)CC1CCN(c2nc(Nc3cc(C(C)(C)C)ccc3C)c3c(ncn3C3CCC3)n2)CC1. The van der Waals surface area contributed by atoms with Crippen molar-refractivity contribution >= 4 is 34.6 Å². The maximum atomic E-state index is 11.9. The van der Waals surface area contributed by atoms with Gasteiger partial charge in [0.05, 0.1) is 12.9 Å². The predicted octanol–water partition coefficient (Wildman–Crippen LogP) is 6.07. The summed E-state index contributed by atoms with van der Waals surface area (Å²) in [5, 5.41) is 3.69. The molecule has 37 heavy (non-hydrogen) atoms. The first-order valence-corrected chi connectivity index (χ1v) is 13.8. The Morgan fingerprint density at radius 2 is 1.89 bits per heavy atom. The third-order valence-electron chi connectivity index (χ3n) is 7.90. The molecule has 1 aliphatic heterocycles. The summed E-state index contributed by atoms with van der Waals surface area (Å²) < 4.78 is 7.42. The Morgan fingerprint density at radius 1 is 1.14 bits per heavy atom. The van der Waals surface area contributed by atoms with Crippen LogP contribution >= 0.6 is 0 Å². The fourth-order valence-corrected chi connectivity index (χ4v) is 5.25. The molecular weight excluding hydrogens is 464 g/mol. The number of ether oxygens (including phenoxy) is 1. The molecule has 2 aliphatic rings. The predicted molar refractivity (Wildman–Crippen MR) is 148 cm³/mol. The number of hydrogen-bond acceptors (Lipinski definition) is 7. The first-order valence-electron chi connectivity index (χ1n) is 13.8. The van der Waals surface area contributed by atoms with Crippen molar-refractivity contribution in [2.75, 3.05) is 29.9 Å². The fraction of sp³-hybridized carbons (Fsp3) is 0.586. The molecular formula is C29H40N6O2. The van der Waals surface area contributed by atoms with Gasteiger partial charge in [-0.05, 0) is 74.5 Å². The van der Waals surface area contributed by atoms with Gasteiger partial charge in [-0.2, -0.15) is 9.97 Å². The highest BCUT2D eigenvalue weighted by atomic mass is 16.5. The van der Waals surface area contributed by atoms with Crippen molar-refractivity contribution < 1.29 is 9.53 Å². The van der Waals surface area contributed by atoms with Crippen molar-refractivity contribution in [3.05, 3.63) is 35.7 Å². The van der Waals surface area contributed by atoms with Gasteiger partial charge in [-0.25, -0.2) is 4.98 Å². The second kappa shape index (κ2) is 10.3. The molecule has 2 aromatic heterocycles. The molecule has 1 N–H and O–H groups in total. The van der Waals surface area contributed by atoms with Crippen molar-refractivity contribution in [2.24, 2.45) is 5.92 Å². The lowest BCUT2D eigenvalue weighted by atomic mass is 9.86. The summed E-state index contributed by atoms with van der Waals surface area (Å²) in [6.07, 6.45) is 7.85. The van der Waals surface area contributed by atoms with E-state index in [1.807, 2.05) is 13.3 Å². The number of piperidine rings is 1. The highest BCUT2D eigenvalue weighted by molar-refractivity contribution is 5.87. The smallest absolute Gasteiger partial charge is 0.306 e. The molecule has 5 rings (SSSR count). The molecule has 198 valence electrons. The first kappa shape index (κ1) is 25.5. The van der Waals surface area contributed by atoms with Crippen LogP contribution in [-0.4, -0.2) is 45.2 Å². The summed E-state index contributed by atoms with van der Waals surface area (Å²) in [5.74, 6) is 1.76. The summed E-state index contributed by atoms with van der Waals surface area (Å²) >= 11 is 0. The van der Waals surface area contributed by atoms with Crippen LogP contribution < -0.4 is 10.2 Å². The van der Waals surface area contributed by atoms with Crippen LogP contribution in [0.25, 0.3) is 11.2 Å². The Hall–Kier alpha value is -3.16. The van der Waals surface area contributed by atoms with Gasteiger partial charge < -0.3 is 19.5 Å². The zero-order valence-electron chi connectivity index (χ0n) is 22.9. The molecule has 0 bridgehead atoms. The van der Waals surface area contributed by atoms with Gasteiger partial charge in [-0.15, -0.1) is 0 Å². The number of carbonyl (C=O) groups excluding carboxylic acids is 1. The zero-order chi connectivity index (χ0) is 26.2. The number of aryl methyl sites for hydroxylation is 1. The third-order valence-corrected chi connectivity index (χ3v) is 7.90. The summed E-state index contributed by atoms with van der Waals surface area (Å²) in [6, 6.07) is 7.09. The van der Waals surface area contributed by atoms with Crippen LogP contribution in [-0.2, 0) is 14.9 Å². The topological polar surface area (TPSA) is 85.2 Å². The number of benzene rings is 1. The van der Waals surface area contributed by atoms with E-state index in [4.69, 9.17) is 19.7 Å². The summed E-state index contributed by atoms with van der Waals surface area (Å²) in [6.45, 7) is 12.8. The average Bonchev–Trinajstić information content (AvgIpc) is 3.23. The summed E-state index contributed by atoms with van der Waals surface area (Å²) in [5.41, 5.74) is 5.28. The van der Waals surface area contributed by atoms with Crippen LogP contribution in [0.4, 0.5) is 17.5 Å². The van der Waals surface area contributed by atoms with Gasteiger partial charge in [0.1, 0.15) is 5.52 Å². The van der Waals surface area contributed by atoms with Crippen LogP contribution in [0.3, 0.4) is 0 Å². The van der Waals surface area contributed by atoms with Gasteiger partial charge in [-0.3, -0.25) is 4.79 Å². The quantitative estimate of drug-likeness (QED) is 0.391. The van der Waals surface area contributed by atoms with E-state index in [0.717, 1.165) is 48.6 Å². The minimum absolute atomic E-state index is 0.0535. The zero-order valence-corrected chi connectivity index (χ0v) is 22.9. The van der Waals surface area contributed by atoms with Crippen molar-refractivity contribution in [1.82, 2.24) is 19.5 Å². The number of rotatable bonds is 7. The molecule has 3 aromatic rings. The van der Waals surface area contributed by atoms with Crippen LogP contribution in [0.2, 0.25) is 0 Å². The number of nitrogens with one attached hydrogen (secondary N) is 1. The highest BCUT2D eigenvalue weighted by Gasteiger charge is 2.28. The highest BCUT2D eigenvalue weighted by Crippen LogP contribution is 2.38. The van der Waals surface area contributed by atoms with E-state index >= 15 is 0 Å². The van der Waals surface area contributed by atoms with Crippen molar-refractivity contribution in [2.45, 2.75) is 84.6 Å². The number of hydrogen-bond donors (Lipinski definition) is 1. The number of carbonyl (C=O) groups is 1. The molecule has 1 saturated carbocycles. The van der Waals surface area contributed by atoms with Gasteiger partial charge in [0, 0.05) is 31.2 Å². The summed E-state index contributed by atoms with van der Waals surface area (Å²) in [7, 11) is 0. The molecule has 0 amide bonds. The van der Waals surface area contributed by atoms with E-state index < -0.39 is 0 Å². The van der Waals surface area contributed by atoms with Crippen molar-refractivity contribution in [3.8, 4) is 0 Å². The molecule has 8 nitrogen and oxygen atoms in total. The van der Waals surface area contributed by atoms with Gasteiger partial charge in [0.15, 0.2) is 11.5 Å². The summed E-state index contributed by atoms with van der Waals surface area (Å²) in [4.78, 5) is 28.9. The van der Waals surface area contributed by atoms with E-state index in [0.29, 0.717) is 30.9 Å². The van der Waals surface area contributed by atoms with E-state index in [-0.39, 0.29) is 11.4 Å². The Kier molecular flexibility index (Phi) is 7.10. The second-order valence-electron chi connectivity index (χ2n) is 11.6. The molecule has 0 atom stereocenters. The second-order valence-corrected chi connectivity index (χ2v) is 11.6. The molecule has 0 radical (unpaired) electrons. The molecule has 0 spiro atoms. The molecule has 0 unspecified atom stereocenters. The molecule has 3 heterocycles. The van der Waals surface area contributed by atoms with Crippen LogP contribution in [0, 0.1) is 12.8 Å². The standard InChI is InChI=1S/C29H40N6O2/c1-6-37-24(36)16-20-12-14-34(15-13-20)28-32-26-25(35(18-30-26)22-8-7-9-22)27(33-28)31-23-17-21(29(3,4)5)11-10-19(23)2/h10-11,17-18,20,22H,6-9,12-16H2,1-5H3,(H,31,32,33). The van der Waals surface area contributed by atoms with Crippen molar-refractivity contribution in [1.29, 1.82) is 0 Å². The molecule has 1 aliphatic carbocycles. The lowest BCUT2D eigenvalue weighted by Gasteiger charge is -2.32. The Bertz CT molecular complexity index is 1270. The first-order chi connectivity index (χ1) is 17.7. The largest absolute Gasteiger partial charge is 0.466 e. The number of aromatic nitrogens is 4. The van der Waals surface area contributed by atoms with Gasteiger partial charge in [0.25, 0.3) is 0 Å². The van der Waals surface area contributed by atoms with Gasteiger partial charge >= 0.3 is 5.97 Å². The Morgan fingerprint density at radius 3 is 2.54 bits per heavy atom. The molecule has 2 fully saturated rings. The van der Waals surface area contributed by atoms with Crippen LogP contribution in [0.5, 0.6) is 0 Å². The lowest BCUT2D eigenvalue weighted by Crippen LogP contribution is -2.35. The number of nitrogens with zero attached hydrogens (tertiary/aromatic N) is 5. The molecule has 1 saturated heterocycles. The molecule has 8 heteroatoms. The fourth-order valence-electron chi connectivity index (χ4n) is 5.25. The monoisotopic (exact) mass is 504 g/mol. The van der Waals surface area contributed by atoms with Gasteiger partial charge in [-0.1, -0.05) is 32.9 Å². The third kappa shape index (κ3) is 5.43. The van der Waals surface area contributed by atoms with Gasteiger partial charge in [0.2, 0.25) is 5.95 Å². The number of esters is 1. The Balaban J connectivity index is 1.46. The van der Waals surface area contributed by atoms with Crippen molar-refractivity contribution in [3.63, 3.8) is 0 Å². The number of fused-ring (bicyclic) bond motifs is 1. The maximum Gasteiger partial charge on any atom is 0.306 e. The average molecular weight is 505 g/mol. The number of anilines is 3. The maximum absolute atomic E-state index is 11.9. The molecule has 1 aromatic carbocycles.